The molecule has 4 rings (SSSR count). The lowest BCUT2D eigenvalue weighted by atomic mass is 9.98. The first kappa shape index (κ1) is 29.1. The van der Waals surface area contributed by atoms with Crippen LogP contribution in [0, 0.1) is 6.92 Å². The molecule has 8 N–H and O–H groups in total. The molecule has 1 saturated heterocycles. The molecule has 1 aliphatic heterocycles. The Morgan fingerprint density at radius 1 is 0.900 bits per heavy atom. The normalized spacial score (nSPS) is 22.5. The molecule has 11 nitrogen and oxygen atoms in total. The summed E-state index contributed by atoms with van der Waals surface area (Å²) in [6.07, 6.45) is -6.23. The van der Waals surface area contributed by atoms with Gasteiger partial charge in [-0.1, -0.05) is 24.3 Å². The van der Waals surface area contributed by atoms with Gasteiger partial charge in [-0.05, 0) is 60.4 Å². The van der Waals surface area contributed by atoms with Gasteiger partial charge in [-0.25, -0.2) is 4.79 Å². The second-order valence-electron chi connectivity index (χ2n) is 9.73. The van der Waals surface area contributed by atoms with Gasteiger partial charge < -0.3 is 50.7 Å². The van der Waals surface area contributed by atoms with Crippen molar-refractivity contribution in [2.75, 3.05) is 18.5 Å². The smallest absolute Gasteiger partial charge is 0.319 e. The summed E-state index contributed by atoms with van der Waals surface area (Å²) in [5.74, 6) is 0.324. The number of urea groups is 1. The van der Waals surface area contributed by atoms with Gasteiger partial charge in [0.25, 0.3) is 0 Å². The lowest BCUT2D eigenvalue weighted by Crippen LogP contribution is -2.60. The molecule has 3 aromatic rings. The Morgan fingerprint density at radius 2 is 1.57 bits per heavy atom. The van der Waals surface area contributed by atoms with Crippen LogP contribution in [0.1, 0.15) is 22.3 Å². The summed E-state index contributed by atoms with van der Waals surface area (Å²) in [6.45, 7) is 1.62. The molecule has 214 valence electrons. The second kappa shape index (κ2) is 13.0. The molecule has 2 amide bonds. The Hall–Kier alpha value is -3.87. The summed E-state index contributed by atoms with van der Waals surface area (Å²) < 4.78 is 11.3. The van der Waals surface area contributed by atoms with Crippen LogP contribution in [0.3, 0.4) is 0 Å². The molecule has 0 bridgehead atoms. The predicted octanol–water partition coefficient (Wildman–Crippen LogP) is 1.54. The van der Waals surface area contributed by atoms with Crippen LogP contribution in [0.4, 0.5) is 10.5 Å². The number of anilines is 1. The number of nitrogens with one attached hydrogen (secondary N) is 2. The van der Waals surface area contributed by atoms with E-state index in [0.29, 0.717) is 36.2 Å². The first-order chi connectivity index (χ1) is 19.1. The quantitative estimate of drug-likeness (QED) is 0.195. The zero-order valence-corrected chi connectivity index (χ0v) is 21.9. The number of hydrogen-bond donors (Lipinski definition) is 8. The maximum Gasteiger partial charge on any atom is 0.319 e. The molecule has 0 unspecified atom stereocenters. The van der Waals surface area contributed by atoms with Gasteiger partial charge in [-0.2, -0.15) is 0 Å². The molecule has 0 radical (unpaired) electrons. The molecule has 40 heavy (non-hydrogen) atoms. The van der Waals surface area contributed by atoms with Crippen LogP contribution >= 0.6 is 0 Å². The number of aliphatic hydroxyl groups is 4. The topological polar surface area (TPSA) is 181 Å². The Kier molecular flexibility index (Phi) is 9.46. The Bertz CT molecular complexity index is 1280. The number of rotatable bonds is 9. The number of carbonyl (C=O) groups excluding carboxylic acids is 1. The average Bonchev–Trinajstić information content (AvgIpc) is 2.93. The standard InChI is InChI=1S/C29H34N2O9/c1-16-12-21(34)14-23(39-28-27(37)26(36)25(35)24(15-32)40-28)22(16)13-18-2-6-19(7-3-18)31-29(38)30-11-10-17-4-8-20(33)9-5-17/h2-9,12,14,24-28,32-37H,10-11,13,15H2,1H3,(H2,30,31,38)/t24-,25-,26+,27-,28-/m1/s1. The molecule has 0 aliphatic carbocycles. The van der Waals surface area contributed by atoms with E-state index in [1.54, 1.807) is 49.4 Å². The molecular weight excluding hydrogens is 520 g/mol. The van der Waals surface area contributed by atoms with E-state index in [4.69, 9.17) is 9.47 Å². The SMILES string of the molecule is Cc1cc(O)cc(O[C@@H]2O[C@H](CO)[C@@H](O)[C@H](O)[C@H]2O)c1Cc1ccc(NC(=O)NCCc2ccc(O)cc2)cc1. The lowest BCUT2D eigenvalue weighted by molar-refractivity contribution is -0.277. The zero-order chi connectivity index (χ0) is 28.8. The van der Waals surface area contributed by atoms with E-state index in [1.165, 1.54) is 6.07 Å². The fourth-order valence-electron chi connectivity index (χ4n) is 4.46. The first-order valence-corrected chi connectivity index (χ1v) is 12.9. The van der Waals surface area contributed by atoms with Gasteiger partial charge in [0.2, 0.25) is 6.29 Å². The van der Waals surface area contributed by atoms with Gasteiger partial charge in [-0.3, -0.25) is 0 Å². The van der Waals surface area contributed by atoms with Gasteiger partial charge in [0, 0.05) is 30.3 Å². The van der Waals surface area contributed by atoms with E-state index < -0.39 is 37.3 Å². The Balaban J connectivity index is 1.38. The second-order valence-corrected chi connectivity index (χ2v) is 9.73. The van der Waals surface area contributed by atoms with Crippen molar-refractivity contribution in [3.8, 4) is 17.2 Å². The summed E-state index contributed by atoms with van der Waals surface area (Å²) >= 11 is 0. The van der Waals surface area contributed by atoms with Crippen molar-refractivity contribution in [2.24, 2.45) is 0 Å². The van der Waals surface area contributed by atoms with Crippen LogP contribution in [-0.2, 0) is 17.6 Å². The first-order valence-electron chi connectivity index (χ1n) is 12.9. The van der Waals surface area contributed by atoms with Crippen LogP contribution in [0.5, 0.6) is 17.2 Å². The monoisotopic (exact) mass is 554 g/mol. The van der Waals surface area contributed by atoms with Crippen molar-refractivity contribution in [1.29, 1.82) is 0 Å². The van der Waals surface area contributed by atoms with Crippen molar-refractivity contribution >= 4 is 11.7 Å². The third-order valence-corrected chi connectivity index (χ3v) is 6.74. The lowest BCUT2D eigenvalue weighted by Gasteiger charge is -2.39. The summed E-state index contributed by atoms with van der Waals surface area (Å²) in [5.41, 5.74) is 3.83. The van der Waals surface area contributed by atoms with Crippen LogP contribution in [0.15, 0.2) is 60.7 Å². The van der Waals surface area contributed by atoms with Gasteiger partial charge in [0.05, 0.1) is 6.61 Å². The molecule has 3 aromatic carbocycles. The van der Waals surface area contributed by atoms with Gasteiger partial charge in [0.15, 0.2) is 0 Å². The van der Waals surface area contributed by atoms with Crippen molar-refractivity contribution in [2.45, 2.75) is 50.5 Å². The summed E-state index contributed by atoms with van der Waals surface area (Å²) in [4.78, 5) is 12.3. The van der Waals surface area contributed by atoms with E-state index in [0.717, 1.165) is 11.1 Å². The highest BCUT2D eigenvalue weighted by Crippen LogP contribution is 2.33. The fourth-order valence-corrected chi connectivity index (χ4v) is 4.46. The number of carbonyl (C=O) groups is 1. The summed E-state index contributed by atoms with van der Waals surface area (Å²) in [6, 6.07) is 16.5. The number of aliphatic hydroxyl groups excluding tert-OH is 4. The number of aromatic hydroxyl groups is 2. The number of ether oxygens (including phenoxy) is 2. The number of phenolic OH excluding ortho intramolecular Hbond substituents is 2. The fraction of sp³-hybridized carbons (Fsp3) is 0.345. The molecule has 11 heteroatoms. The highest BCUT2D eigenvalue weighted by Gasteiger charge is 2.45. The van der Waals surface area contributed by atoms with Crippen LogP contribution in [0.25, 0.3) is 0 Å². The van der Waals surface area contributed by atoms with Crippen LogP contribution < -0.4 is 15.4 Å². The molecule has 0 saturated carbocycles. The third-order valence-electron chi connectivity index (χ3n) is 6.74. The van der Waals surface area contributed by atoms with E-state index in [9.17, 15) is 35.4 Å². The van der Waals surface area contributed by atoms with E-state index in [-0.39, 0.29) is 23.3 Å². The minimum atomic E-state index is -1.59. The van der Waals surface area contributed by atoms with E-state index >= 15 is 0 Å². The highest BCUT2D eigenvalue weighted by molar-refractivity contribution is 5.89. The van der Waals surface area contributed by atoms with Crippen LogP contribution in [-0.4, -0.2) is 80.5 Å². The molecule has 5 atom stereocenters. The van der Waals surface area contributed by atoms with Gasteiger partial charge >= 0.3 is 6.03 Å². The van der Waals surface area contributed by atoms with Crippen molar-refractivity contribution in [3.63, 3.8) is 0 Å². The van der Waals surface area contributed by atoms with Gasteiger partial charge in [-0.15, -0.1) is 0 Å². The molecule has 1 heterocycles. The van der Waals surface area contributed by atoms with Crippen molar-refractivity contribution < 1.29 is 44.9 Å². The Morgan fingerprint density at radius 3 is 2.25 bits per heavy atom. The van der Waals surface area contributed by atoms with E-state index in [1.807, 2.05) is 12.1 Å². The highest BCUT2D eigenvalue weighted by atomic mass is 16.7. The minimum absolute atomic E-state index is 0.0724. The predicted molar refractivity (Wildman–Crippen MR) is 145 cm³/mol. The van der Waals surface area contributed by atoms with Crippen molar-refractivity contribution in [3.05, 3.63) is 82.9 Å². The molecule has 1 aliphatic rings. The number of aryl methyl sites for hydroxylation is 1. The van der Waals surface area contributed by atoms with E-state index in [2.05, 4.69) is 10.6 Å². The van der Waals surface area contributed by atoms with Crippen LogP contribution in [0.2, 0.25) is 0 Å². The zero-order valence-electron chi connectivity index (χ0n) is 21.9. The summed E-state index contributed by atoms with van der Waals surface area (Å²) in [7, 11) is 0. The maximum absolute atomic E-state index is 12.3. The number of phenols is 2. The third kappa shape index (κ3) is 7.20. The van der Waals surface area contributed by atoms with Crippen molar-refractivity contribution in [1.82, 2.24) is 5.32 Å². The average molecular weight is 555 g/mol. The molecule has 1 fully saturated rings. The number of hydrogen-bond acceptors (Lipinski definition) is 9. The Labute approximate surface area is 231 Å². The maximum atomic E-state index is 12.3. The molecule has 0 aromatic heterocycles. The van der Waals surface area contributed by atoms with Gasteiger partial charge in [0.1, 0.15) is 41.7 Å². The molecule has 0 spiro atoms. The minimum Gasteiger partial charge on any atom is -0.508 e. The summed E-state index contributed by atoms with van der Waals surface area (Å²) in [5, 5.41) is 65.0. The number of benzene rings is 3. The molecular formula is C29H34N2O9. The number of amides is 2. The largest absolute Gasteiger partial charge is 0.508 e.